The highest BCUT2D eigenvalue weighted by molar-refractivity contribution is 9.09. The molecule has 0 saturated heterocycles. The van der Waals surface area contributed by atoms with Crippen molar-refractivity contribution in [3.05, 3.63) is 0 Å². The minimum absolute atomic E-state index is 0.0587. The average Bonchev–Trinajstić information content (AvgIpc) is 2.87. The van der Waals surface area contributed by atoms with Crippen LogP contribution in [0.2, 0.25) is 0 Å². The number of halogens is 1. The number of esters is 1. The molecule has 0 aliphatic heterocycles. The molecule has 0 aliphatic rings. The van der Waals surface area contributed by atoms with Gasteiger partial charge in [0.15, 0.2) is 0 Å². The van der Waals surface area contributed by atoms with Gasteiger partial charge in [-0.25, -0.2) is 0 Å². The second-order valence-electron chi connectivity index (χ2n) is 6.71. The molecule has 1 N–H and O–H groups in total. The van der Waals surface area contributed by atoms with E-state index in [2.05, 4.69) is 26.0 Å². The molecule has 0 radical (unpaired) electrons. The van der Waals surface area contributed by atoms with Crippen LogP contribution in [0.15, 0.2) is 0 Å². The maximum absolute atomic E-state index is 11.0. The van der Waals surface area contributed by atoms with Gasteiger partial charge in [0.2, 0.25) is 5.91 Å². The van der Waals surface area contributed by atoms with Gasteiger partial charge in [0.25, 0.3) is 0 Å². The van der Waals surface area contributed by atoms with Crippen molar-refractivity contribution < 1.29 is 52.2 Å². The molecule has 208 valence electrons. The molecule has 0 fully saturated rings. The smallest absolute Gasteiger partial charge is 0.307 e. The van der Waals surface area contributed by atoms with Gasteiger partial charge in [-0.1, -0.05) is 15.9 Å². The van der Waals surface area contributed by atoms with Crippen molar-refractivity contribution in [3.63, 3.8) is 0 Å². The molecular formula is C22H42BrNO11. The van der Waals surface area contributed by atoms with Gasteiger partial charge in [0.05, 0.1) is 125 Å². The summed E-state index contributed by atoms with van der Waals surface area (Å²) in [6, 6.07) is 0. The van der Waals surface area contributed by atoms with Crippen LogP contribution in [-0.4, -0.2) is 137 Å². The average molecular weight is 576 g/mol. The first-order valence-electron chi connectivity index (χ1n) is 11.7. The van der Waals surface area contributed by atoms with Crippen LogP contribution < -0.4 is 5.32 Å². The van der Waals surface area contributed by atoms with Crippen molar-refractivity contribution in [1.82, 2.24) is 5.32 Å². The first kappa shape index (κ1) is 34.1. The summed E-state index contributed by atoms with van der Waals surface area (Å²) in [5.74, 6) is -0.346. The maximum atomic E-state index is 11.0. The van der Waals surface area contributed by atoms with Gasteiger partial charge in [0, 0.05) is 6.54 Å². The highest BCUT2D eigenvalue weighted by Gasteiger charge is 1.99. The number of carbonyl (C=O) groups is 2. The fraction of sp³-hybridized carbons (Fsp3) is 0.909. The number of carbonyl (C=O) groups excluding carboxylic acids is 2. The van der Waals surface area contributed by atoms with E-state index < -0.39 is 0 Å². The summed E-state index contributed by atoms with van der Waals surface area (Å²) in [6.45, 7) is 7.99. The molecule has 0 aromatic heterocycles. The zero-order valence-corrected chi connectivity index (χ0v) is 22.4. The molecule has 13 heteroatoms. The van der Waals surface area contributed by atoms with E-state index in [1.165, 1.54) is 7.11 Å². The summed E-state index contributed by atoms with van der Waals surface area (Å²) in [7, 11) is 1.35. The van der Waals surface area contributed by atoms with Gasteiger partial charge in [0.1, 0.15) is 0 Å². The highest BCUT2D eigenvalue weighted by atomic mass is 79.9. The third-order valence-electron chi connectivity index (χ3n) is 3.97. The summed E-state index contributed by atoms with van der Waals surface area (Å²) < 4.78 is 47.4. The lowest BCUT2D eigenvalue weighted by molar-refractivity contribution is -0.142. The molecule has 12 nitrogen and oxygen atoms in total. The van der Waals surface area contributed by atoms with Crippen LogP contribution in [0.4, 0.5) is 0 Å². The molecular weight excluding hydrogens is 534 g/mol. The summed E-state index contributed by atoms with van der Waals surface area (Å²) in [5.41, 5.74) is 0. The van der Waals surface area contributed by atoms with Crippen LogP contribution in [0.3, 0.4) is 0 Å². The Morgan fingerprint density at radius 3 is 1.17 bits per heavy atom. The third kappa shape index (κ3) is 29.2. The Labute approximate surface area is 216 Å². The van der Waals surface area contributed by atoms with Crippen LogP contribution in [0.1, 0.15) is 6.42 Å². The Morgan fingerprint density at radius 2 is 0.857 bits per heavy atom. The fourth-order valence-corrected chi connectivity index (χ4v) is 2.41. The normalized spacial score (nSPS) is 11.0. The number of alkyl halides is 1. The largest absolute Gasteiger partial charge is 0.469 e. The number of methoxy groups -OCH3 is 1. The van der Waals surface area contributed by atoms with Crippen molar-refractivity contribution in [2.45, 2.75) is 6.42 Å². The SMILES string of the molecule is COC(=O)CCOCCOCCOCCOCCOCCOCCOCCOCCNC(=O)CBr. The zero-order valence-electron chi connectivity index (χ0n) is 20.8. The Balaban J connectivity index is 3.05. The van der Waals surface area contributed by atoms with Gasteiger partial charge < -0.3 is 47.9 Å². The van der Waals surface area contributed by atoms with Gasteiger partial charge in [-0.2, -0.15) is 0 Å². The first-order chi connectivity index (χ1) is 17.2. The molecule has 0 saturated carbocycles. The molecule has 1 amide bonds. The molecule has 0 heterocycles. The van der Waals surface area contributed by atoms with Crippen molar-refractivity contribution in [1.29, 1.82) is 0 Å². The maximum Gasteiger partial charge on any atom is 0.307 e. The Morgan fingerprint density at radius 1 is 0.543 bits per heavy atom. The van der Waals surface area contributed by atoms with E-state index in [-0.39, 0.29) is 18.3 Å². The van der Waals surface area contributed by atoms with Crippen LogP contribution >= 0.6 is 15.9 Å². The lowest BCUT2D eigenvalue weighted by atomic mass is 10.5. The van der Waals surface area contributed by atoms with Crippen LogP contribution in [0, 0.1) is 0 Å². The number of nitrogens with one attached hydrogen (secondary N) is 1. The van der Waals surface area contributed by atoms with Crippen molar-refractivity contribution in [2.75, 3.05) is 125 Å². The van der Waals surface area contributed by atoms with E-state index in [0.29, 0.717) is 118 Å². The van der Waals surface area contributed by atoms with E-state index in [9.17, 15) is 9.59 Å². The summed E-state index contributed by atoms with van der Waals surface area (Å²) in [6.07, 6.45) is 0.245. The second kappa shape index (κ2) is 29.3. The summed E-state index contributed by atoms with van der Waals surface area (Å²) >= 11 is 3.07. The zero-order chi connectivity index (χ0) is 25.7. The molecule has 0 aromatic rings. The summed E-state index contributed by atoms with van der Waals surface area (Å²) in [4.78, 5) is 21.9. The van der Waals surface area contributed by atoms with E-state index in [0.717, 1.165) is 0 Å². The van der Waals surface area contributed by atoms with Crippen LogP contribution in [0.5, 0.6) is 0 Å². The molecule has 0 aliphatic carbocycles. The summed E-state index contributed by atoms with van der Waals surface area (Å²) in [5, 5.41) is 2.98. The quantitative estimate of drug-likeness (QED) is 0.0779. The minimum atomic E-state index is -0.287. The number of amides is 1. The minimum Gasteiger partial charge on any atom is -0.469 e. The second-order valence-corrected chi connectivity index (χ2v) is 7.27. The van der Waals surface area contributed by atoms with E-state index in [1.807, 2.05) is 0 Å². The third-order valence-corrected chi connectivity index (χ3v) is 4.48. The van der Waals surface area contributed by atoms with Crippen molar-refractivity contribution in [2.24, 2.45) is 0 Å². The van der Waals surface area contributed by atoms with E-state index in [4.69, 9.17) is 37.9 Å². The Bertz CT molecular complexity index is 435. The number of hydrogen-bond donors (Lipinski definition) is 1. The van der Waals surface area contributed by atoms with E-state index >= 15 is 0 Å². The molecule has 0 aromatic carbocycles. The van der Waals surface area contributed by atoms with Gasteiger partial charge in [-0.15, -0.1) is 0 Å². The van der Waals surface area contributed by atoms with Crippen LogP contribution in [0.25, 0.3) is 0 Å². The fourth-order valence-electron chi connectivity index (χ4n) is 2.21. The number of hydrogen-bond acceptors (Lipinski definition) is 11. The highest BCUT2D eigenvalue weighted by Crippen LogP contribution is 1.88. The molecule has 0 rings (SSSR count). The standard InChI is InChI=1S/C22H42BrNO11/c1-27-22(26)2-4-28-6-8-30-10-12-32-14-16-34-18-19-35-17-15-33-13-11-31-9-7-29-5-3-24-21(25)20-23/h2-20H2,1H3,(H,24,25). The molecule has 0 unspecified atom stereocenters. The molecule has 35 heavy (non-hydrogen) atoms. The predicted octanol–water partition coefficient (Wildman–Crippen LogP) is 0.193. The topological polar surface area (TPSA) is 129 Å². The number of ether oxygens (including phenoxy) is 9. The monoisotopic (exact) mass is 575 g/mol. The van der Waals surface area contributed by atoms with Crippen molar-refractivity contribution >= 4 is 27.8 Å². The number of rotatable bonds is 28. The van der Waals surface area contributed by atoms with Gasteiger partial charge in [-0.3, -0.25) is 9.59 Å². The molecule has 0 spiro atoms. The van der Waals surface area contributed by atoms with Crippen molar-refractivity contribution in [3.8, 4) is 0 Å². The molecule has 0 bridgehead atoms. The Kier molecular flexibility index (Phi) is 28.6. The van der Waals surface area contributed by atoms with E-state index in [1.54, 1.807) is 0 Å². The first-order valence-corrected chi connectivity index (χ1v) is 12.8. The molecule has 0 atom stereocenters. The van der Waals surface area contributed by atoms with Gasteiger partial charge in [-0.05, 0) is 0 Å². The van der Waals surface area contributed by atoms with Gasteiger partial charge >= 0.3 is 5.97 Å². The lowest BCUT2D eigenvalue weighted by Crippen LogP contribution is -2.28. The predicted molar refractivity (Wildman–Crippen MR) is 130 cm³/mol. The Hall–Kier alpha value is -0.900. The van der Waals surface area contributed by atoms with Crippen LogP contribution in [-0.2, 0) is 52.2 Å². The lowest BCUT2D eigenvalue weighted by Gasteiger charge is -2.09.